The van der Waals surface area contributed by atoms with E-state index in [0.29, 0.717) is 17.8 Å². The summed E-state index contributed by atoms with van der Waals surface area (Å²) >= 11 is 0. The molecule has 0 saturated heterocycles. The number of benzene rings is 3. The van der Waals surface area contributed by atoms with Crippen LogP contribution in [0.15, 0.2) is 71.6 Å². The van der Waals surface area contributed by atoms with Crippen LogP contribution in [-0.2, 0) is 29.4 Å². The molecule has 0 heterocycles. The zero-order valence-electron chi connectivity index (χ0n) is 19.8. The van der Waals surface area contributed by atoms with Gasteiger partial charge in [0.15, 0.2) is 0 Å². The van der Waals surface area contributed by atoms with Crippen molar-refractivity contribution in [2.45, 2.75) is 57.1 Å². The summed E-state index contributed by atoms with van der Waals surface area (Å²) in [6.45, 7) is 6.09. The molecule has 0 aliphatic heterocycles. The van der Waals surface area contributed by atoms with Crippen molar-refractivity contribution >= 4 is 21.6 Å². The van der Waals surface area contributed by atoms with Gasteiger partial charge in [-0.3, -0.25) is 4.79 Å². The highest BCUT2D eigenvalue weighted by Crippen LogP contribution is 2.24. The molecule has 0 bridgehead atoms. The van der Waals surface area contributed by atoms with E-state index in [4.69, 9.17) is 0 Å². The van der Waals surface area contributed by atoms with Gasteiger partial charge in [0.2, 0.25) is 10.0 Å². The second kappa shape index (κ2) is 9.99. The third-order valence-electron chi connectivity index (χ3n) is 6.00. The molecule has 0 spiro atoms. The van der Waals surface area contributed by atoms with E-state index in [1.807, 2.05) is 43.3 Å². The monoisotopic (exact) mass is 477 g/mol. The third-order valence-corrected chi connectivity index (χ3v) is 7.64. The lowest BCUT2D eigenvalue weighted by molar-refractivity contribution is 0.0938. The zero-order valence-corrected chi connectivity index (χ0v) is 20.6. The molecule has 1 aliphatic rings. The lowest BCUT2D eigenvalue weighted by Crippen LogP contribution is -2.35. The van der Waals surface area contributed by atoms with E-state index in [-0.39, 0.29) is 22.9 Å². The molecular formula is C27H31N3O3S. The number of carbonyl (C=O) groups is 1. The number of amides is 1. The predicted octanol–water partition coefficient (Wildman–Crippen LogP) is 4.19. The van der Waals surface area contributed by atoms with Crippen molar-refractivity contribution in [3.8, 4) is 0 Å². The largest absolute Gasteiger partial charge is 0.381 e. The van der Waals surface area contributed by atoms with Crippen LogP contribution in [0.1, 0.15) is 46.5 Å². The Morgan fingerprint density at radius 2 is 1.62 bits per heavy atom. The summed E-state index contributed by atoms with van der Waals surface area (Å²) in [6.07, 6.45) is 1.54. The first kappa shape index (κ1) is 24.0. The van der Waals surface area contributed by atoms with Gasteiger partial charge < -0.3 is 10.6 Å². The predicted molar refractivity (Wildman–Crippen MR) is 136 cm³/mol. The number of rotatable bonds is 8. The zero-order chi connectivity index (χ0) is 24.3. The molecule has 0 fully saturated rings. The van der Waals surface area contributed by atoms with Crippen LogP contribution in [0.5, 0.6) is 0 Å². The van der Waals surface area contributed by atoms with Crippen LogP contribution in [0, 0.1) is 6.92 Å². The van der Waals surface area contributed by atoms with E-state index >= 15 is 0 Å². The Morgan fingerprint density at radius 3 is 2.26 bits per heavy atom. The number of nitrogens with one attached hydrogen (secondary N) is 3. The highest BCUT2D eigenvalue weighted by Gasteiger charge is 2.24. The van der Waals surface area contributed by atoms with Gasteiger partial charge >= 0.3 is 0 Å². The molecule has 178 valence electrons. The molecule has 3 N–H and O–H groups in total. The van der Waals surface area contributed by atoms with Gasteiger partial charge in [0.25, 0.3) is 5.91 Å². The lowest BCUT2D eigenvalue weighted by Gasteiger charge is -2.16. The quantitative estimate of drug-likeness (QED) is 0.454. The van der Waals surface area contributed by atoms with Crippen LogP contribution in [0.3, 0.4) is 0 Å². The highest BCUT2D eigenvalue weighted by atomic mass is 32.2. The minimum Gasteiger partial charge on any atom is -0.381 e. The van der Waals surface area contributed by atoms with Crippen molar-refractivity contribution < 1.29 is 13.2 Å². The number of hydrogen-bond acceptors (Lipinski definition) is 4. The van der Waals surface area contributed by atoms with Crippen molar-refractivity contribution in [1.82, 2.24) is 10.0 Å². The smallest absolute Gasteiger partial charge is 0.251 e. The molecule has 7 heteroatoms. The SMILES string of the molecule is Cc1ccccc1CNc1cc(C(=O)NC2Cc3ccccc3C2)cc(S(=O)(=O)NC(C)C)c1. The molecule has 1 aliphatic carbocycles. The van der Waals surface area contributed by atoms with E-state index in [1.54, 1.807) is 26.0 Å². The maximum Gasteiger partial charge on any atom is 0.251 e. The summed E-state index contributed by atoms with van der Waals surface area (Å²) in [6, 6.07) is 20.6. The third kappa shape index (κ3) is 5.66. The summed E-state index contributed by atoms with van der Waals surface area (Å²) in [4.78, 5) is 13.2. The average Bonchev–Trinajstić information content (AvgIpc) is 3.20. The van der Waals surface area contributed by atoms with Crippen LogP contribution < -0.4 is 15.4 Å². The van der Waals surface area contributed by atoms with E-state index in [1.165, 1.54) is 17.2 Å². The van der Waals surface area contributed by atoms with Gasteiger partial charge in [-0.2, -0.15) is 0 Å². The van der Waals surface area contributed by atoms with Gasteiger partial charge in [0, 0.05) is 29.9 Å². The molecule has 0 aromatic heterocycles. The van der Waals surface area contributed by atoms with Crippen LogP contribution >= 0.6 is 0 Å². The van der Waals surface area contributed by atoms with Crippen LogP contribution in [-0.4, -0.2) is 26.4 Å². The number of anilines is 1. The summed E-state index contributed by atoms with van der Waals surface area (Å²) in [7, 11) is -3.77. The Balaban J connectivity index is 1.58. The maximum atomic E-state index is 13.2. The van der Waals surface area contributed by atoms with Crippen molar-refractivity contribution in [1.29, 1.82) is 0 Å². The molecule has 34 heavy (non-hydrogen) atoms. The van der Waals surface area contributed by atoms with Gasteiger partial charge in [-0.15, -0.1) is 0 Å². The molecule has 4 rings (SSSR count). The minimum absolute atomic E-state index is 0.0117. The number of fused-ring (bicyclic) bond motifs is 1. The summed E-state index contributed by atoms with van der Waals surface area (Å²) in [5, 5.41) is 6.39. The summed E-state index contributed by atoms with van der Waals surface area (Å²) < 4.78 is 28.5. The van der Waals surface area contributed by atoms with Crippen LogP contribution in [0.4, 0.5) is 5.69 Å². The molecular weight excluding hydrogens is 446 g/mol. The van der Waals surface area contributed by atoms with Crippen molar-refractivity contribution in [2.75, 3.05) is 5.32 Å². The Kier molecular flexibility index (Phi) is 7.05. The van der Waals surface area contributed by atoms with Gasteiger partial charge in [-0.05, 0) is 74.1 Å². The second-order valence-corrected chi connectivity index (χ2v) is 10.9. The first-order valence-corrected chi connectivity index (χ1v) is 13.0. The van der Waals surface area contributed by atoms with E-state index < -0.39 is 10.0 Å². The van der Waals surface area contributed by atoms with Crippen molar-refractivity contribution in [3.63, 3.8) is 0 Å². The van der Waals surface area contributed by atoms with E-state index in [9.17, 15) is 13.2 Å². The maximum absolute atomic E-state index is 13.2. The highest BCUT2D eigenvalue weighted by molar-refractivity contribution is 7.89. The number of hydrogen-bond donors (Lipinski definition) is 3. The molecule has 0 unspecified atom stereocenters. The Morgan fingerprint density at radius 1 is 0.971 bits per heavy atom. The van der Waals surface area contributed by atoms with Crippen molar-refractivity contribution in [3.05, 3.63) is 94.5 Å². The van der Waals surface area contributed by atoms with E-state index in [0.717, 1.165) is 24.0 Å². The summed E-state index contributed by atoms with van der Waals surface area (Å²) in [5.74, 6) is -0.279. The number of carbonyl (C=O) groups excluding carboxylic acids is 1. The number of aryl methyl sites for hydroxylation is 1. The van der Waals surface area contributed by atoms with Crippen molar-refractivity contribution in [2.24, 2.45) is 0 Å². The fourth-order valence-electron chi connectivity index (χ4n) is 4.30. The van der Waals surface area contributed by atoms with Crippen LogP contribution in [0.2, 0.25) is 0 Å². The molecule has 0 atom stereocenters. The Hall–Kier alpha value is -3.16. The van der Waals surface area contributed by atoms with Gasteiger partial charge in [-0.1, -0.05) is 48.5 Å². The van der Waals surface area contributed by atoms with Gasteiger partial charge in [0.1, 0.15) is 0 Å². The standard InChI is InChI=1S/C27H31N3O3S/c1-18(2)30-34(32,33)26-15-23(14-24(16-26)28-17-22-11-5-4-8-19(22)3)27(31)29-25-12-20-9-6-7-10-21(20)13-25/h4-11,14-16,18,25,28,30H,12-13,17H2,1-3H3,(H,29,31). The average molecular weight is 478 g/mol. The van der Waals surface area contributed by atoms with Gasteiger partial charge in [-0.25, -0.2) is 13.1 Å². The fourth-order valence-corrected chi connectivity index (χ4v) is 5.62. The number of sulfonamides is 1. The minimum atomic E-state index is -3.77. The molecule has 0 saturated carbocycles. The van der Waals surface area contributed by atoms with Crippen LogP contribution in [0.25, 0.3) is 0 Å². The fraction of sp³-hybridized carbons (Fsp3) is 0.296. The molecule has 3 aromatic carbocycles. The lowest BCUT2D eigenvalue weighted by atomic mass is 10.1. The van der Waals surface area contributed by atoms with E-state index in [2.05, 4.69) is 27.5 Å². The second-order valence-electron chi connectivity index (χ2n) is 9.15. The molecule has 1 amide bonds. The summed E-state index contributed by atoms with van der Waals surface area (Å²) in [5.41, 5.74) is 5.62. The normalized spacial score (nSPS) is 13.6. The Labute approximate surface area is 201 Å². The molecule has 3 aromatic rings. The first-order chi connectivity index (χ1) is 16.2. The topological polar surface area (TPSA) is 87.3 Å². The molecule has 0 radical (unpaired) electrons. The molecule has 6 nitrogen and oxygen atoms in total. The Bertz CT molecular complexity index is 1280. The first-order valence-electron chi connectivity index (χ1n) is 11.5. The van der Waals surface area contributed by atoms with Gasteiger partial charge in [0.05, 0.1) is 4.90 Å².